The Balaban J connectivity index is 0.00000385. The van der Waals surface area contributed by atoms with Crippen LogP contribution in [0.5, 0.6) is 5.75 Å². The zero-order valence-electron chi connectivity index (χ0n) is 19.6. The fourth-order valence-corrected chi connectivity index (χ4v) is 2.94. The van der Waals surface area contributed by atoms with E-state index in [1.165, 1.54) is 0 Å². The highest BCUT2D eigenvalue weighted by atomic mass is 127. The number of guanidine groups is 1. The van der Waals surface area contributed by atoms with Gasteiger partial charge in [0.15, 0.2) is 11.8 Å². The minimum atomic E-state index is 0. The number of nitrogens with one attached hydrogen (secondary N) is 2. The number of hydrogen-bond acceptors (Lipinski definition) is 6. The average molecular weight is 564 g/mol. The summed E-state index contributed by atoms with van der Waals surface area (Å²) in [4.78, 5) is 13.3. The Hall–Kier alpha value is -2.69. The molecule has 0 radical (unpaired) electrons. The number of pyridine rings is 1. The van der Waals surface area contributed by atoms with Gasteiger partial charge in [-0.25, -0.2) is 0 Å². The van der Waals surface area contributed by atoms with E-state index in [-0.39, 0.29) is 30.0 Å². The zero-order chi connectivity index (χ0) is 22.8. The van der Waals surface area contributed by atoms with Gasteiger partial charge in [0.1, 0.15) is 11.4 Å². The molecule has 1 atom stereocenters. The maximum atomic E-state index is 5.77. The van der Waals surface area contributed by atoms with E-state index in [1.54, 1.807) is 6.20 Å². The molecule has 0 amide bonds. The zero-order valence-corrected chi connectivity index (χ0v) is 21.9. The topological polar surface area (TPSA) is 97.5 Å². The van der Waals surface area contributed by atoms with Crippen LogP contribution in [0.1, 0.15) is 45.1 Å². The molecule has 3 aromatic rings. The first-order valence-electron chi connectivity index (χ1n) is 11.1. The van der Waals surface area contributed by atoms with Crippen LogP contribution >= 0.6 is 24.0 Å². The molecule has 3 rings (SSSR count). The number of nitrogens with zero attached hydrogens (tertiary/aromatic N) is 4. The highest BCUT2D eigenvalue weighted by Gasteiger charge is 2.11. The Morgan fingerprint density at radius 2 is 1.91 bits per heavy atom. The van der Waals surface area contributed by atoms with Crippen molar-refractivity contribution in [2.45, 2.75) is 40.2 Å². The molecule has 2 N–H and O–H groups in total. The predicted molar refractivity (Wildman–Crippen MR) is 141 cm³/mol. The van der Waals surface area contributed by atoms with Gasteiger partial charge >= 0.3 is 0 Å². The van der Waals surface area contributed by atoms with Crippen molar-refractivity contribution in [1.29, 1.82) is 0 Å². The van der Waals surface area contributed by atoms with Crippen molar-refractivity contribution in [3.63, 3.8) is 0 Å². The maximum Gasteiger partial charge on any atom is 0.276 e. The lowest BCUT2D eigenvalue weighted by molar-refractivity contribution is 0.271. The molecular formula is C24H33IN6O2. The Labute approximate surface area is 212 Å². The van der Waals surface area contributed by atoms with Crippen molar-refractivity contribution in [3.05, 3.63) is 60.0 Å². The molecule has 1 aromatic carbocycles. The average Bonchev–Trinajstić information content (AvgIpc) is 3.27. The Bertz CT molecular complexity index is 976. The molecule has 0 bridgehead atoms. The van der Waals surface area contributed by atoms with Crippen molar-refractivity contribution in [3.8, 4) is 17.3 Å². The van der Waals surface area contributed by atoms with Crippen molar-refractivity contribution >= 4 is 29.9 Å². The predicted octanol–water partition coefficient (Wildman–Crippen LogP) is 4.64. The first kappa shape index (κ1) is 26.6. The van der Waals surface area contributed by atoms with Gasteiger partial charge in [-0.3, -0.25) is 9.98 Å². The monoisotopic (exact) mass is 564 g/mol. The molecule has 0 fully saturated rings. The van der Waals surface area contributed by atoms with Crippen LogP contribution < -0.4 is 15.4 Å². The number of aromatic nitrogens is 3. The Morgan fingerprint density at radius 1 is 1.12 bits per heavy atom. The second-order valence-corrected chi connectivity index (χ2v) is 7.88. The summed E-state index contributed by atoms with van der Waals surface area (Å²) in [7, 11) is 0. The standard InChI is InChI=1S/C24H32N6O2.HI/c1-5-25-24(28-18(4)19-9-11-20(12-10-19)31-16-17(2)3)27-15-13-22-29-23(32-30-22)21-8-6-7-14-26-21;/h6-12,14,17-18H,5,13,15-16H2,1-4H3,(H2,25,27,28);1H. The Morgan fingerprint density at radius 3 is 2.58 bits per heavy atom. The minimum Gasteiger partial charge on any atom is -0.493 e. The third-order valence-corrected chi connectivity index (χ3v) is 4.62. The summed E-state index contributed by atoms with van der Waals surface area (Å²) < 4.78 is 11.1. The van der Waals surface area contributed by atoms with E-state index < -0.39 is 0 Å². The van der Waals surface area contributed by atoms with Gasteiger partial charge in [0.2, 0.25) is 0 Å². The normalized spacial score (nSPS) is 12.2. The molecule has 0 aliphatic rings. The summed E-state index contributed by atoms with van der Waals surface area (Å²) >= 11 is 0. The fraction of sp³-hybridized carbons (Fsp3) is 0.417. The molecular weight excluding hydrogens is 531 g/mol. The van der Waals surface area contributed by atoms with Crippen LogP contribution in [0, 0.1) is 5.92 Å². The first-order chi connectivity index (χ1) is 15.5. The molecule has 0 saturated carbocycles. The van der Waals surface area contributed by atoms with Crippen LogP contribution in [0.4, 0.5) is 0 Å². The molecule has 0 aliphatic carbocycles. The van der Waals surface area contributed by atoms with E-state index in [9.17, 15) is 0 Å². The van der Waals surface area contributed by atoms with E-state index in [4.69, 9.17) is 9.26 Å². The largest absolute Gasteiger partial charge is 0.493 e. The van der Waals surface area contributed by atoms with Gasteiger partial charge in [-0.05, 0) is 49.6 Å². The van der Waals surface area contributed by atoms with Crippen molar-refractivity contribution in [1.82, 2.24) is 25.8 Å². The summed E-state index contributed by atoms with van der Waals surface area (Å²) in [5.41, 5.74) is 1.82. The van der Waals surface area contributed by atoms with Crippen LogP contribution in [0.25, 0.3) is 11.6 Å². The quantitative estimate of drug-likeness (QED) is 0.210. The molecule has 0 saturated heterocycles. The highest BCUT2D eigenvalue weighted by molar-refractivity contribution is 14.0. The molecule has 0 spiro atoms. The van der Waals surface area contributed by atoms with Crippen molar-refractivity contribution < 1.29 is 9.26 Å². The maximum absolute atomic E-state index is 5.77. The van der Waals surface area contributed by atoms with Crippen LogP contribution in [0.2, 0.25) is 0 Å². The van der Waals surface area contributed by atoms with Gasteiger partial charge in [-0.2, -0.15) is 4.98 Å². The lowest BCUT2D eigenvalue weighted by atomic mass is 10.1. The van der Waals surface area contributed by atoms with E-state index in [0.717, 1.165) is 23.8 Å². The number of hydrogen-bond donors (Lipinski definition) is 2. The second kappa shape index (κ2) is 13.8. The number of halogens is 1. The molecule has 178 valence electrons. The summed E-state index contributed by atoms with van der Waals surface area (Å²) in [5, 5.41) is 10.8. The fourth-order valence-electron chi connectivity index (χ4n) is 2.94. The first-order valence-corrected chi connectivity index (χ1v) is 11.1. The summed E-state index contributed by atoms with van der Waals surface area (Å²) in [6.07, 6.45) is 2.27. The molecule has 8 nitrogen and oxygen atoms in total. The second-order valence-electron chi connectivity index (χ2n) is 7.88. The van der Waals surface area contributed by atoms with Crippen molar-refractivity contribution in [2.75, 3.05) is 19.7 Å². The van der Waals surface area contributed by atoms with E-state index in [0.29, 0.717) is 42.9 Å². The van der Waals surface area contributed by atoms with E-state index >= 15 is 0 Å². The SMILES string of the molecule is CCNC(=NCCc1noc(-c2ccccn2)n1)NC(C)c1ccc(OCC(C)C)cc1.I. The van der Waals surface area contributed by atoms with E-state index in [1.807, 2.05) is 37.3 Å². The number of aliphatic imine (C=N–C) groups is 1. The Kier molecular flexibility index (Phi) is 11.1. The summed E-state index contributed by atoms with van der Waals surface area (Å²) in [6.45, 7) is 10.4. The van der Waals surface area contributed by atoms with Gasteiger partial charge in [0.25, 0.3) is 5.89 Å². The molecule has 0 aliphatic heterocycles. The van der Waals surface area contributed by atoms with Crippen LogP contribution in [-0.4, -0.2) is 40.8 Å². The van der Waals surface area contributed by atoms with Gasteiger partial charge in [-0.1, -0.05) is 37.2 Å². The third-order valence-electron chi connectivity index (χ3n) is 4.62. The van der Waals surface area contributed by atoms with Gasteiger partial charge in [0.05, 0.1) is 12.6 Å². The number of ether oxygens (including phenoxy) is 1. The smallest absolute Gasteiger partial charge is 0.276 e. The van der Waals surface area contributed by atoms with Gasteiger partial charge < -0.3 is 19.9 Å². The molecule has 1 unspecified atom stereocenters. The van der Waals surface area contributed by atoms with Gasteiger partial charge in [-0.15, -0.1) is 24.0 Å². The molecule has 9 heteroatoms. The van der Waals surface area contributed by atoms with Crippen LogP contribution in [0.15, 0.2) is 58.2 Å². The number of benzene rings is 1. The third kappa shape index (κ3) is 8.64. The molecule has 33 heavy (non-hydrogen) atoms. The lowest BCUT2D eigenvalue weighted by Gasteiger charge is -2.18. The van der Waals surface area contributed by atoms with Crippen molar-refractivity contribution in [2.24, 2.45) is 10.9 Å². The highest BCUT2D eigenvalue weighted by Crippen LogP contribution is 2.18. The molecule has 2 heterocycles. The summed E-state index contributed by atoms with van der Waals surface area (Å²) in [6, 6.07) is 13.8. The molecule has 2 aromatic heterocycles. The van der Waals surface area contributed by atoms with Crippen LogP contribution in [0.3, 0.4) is 0 Å². The van der Waals surface area contributed by atoms with Gasteiger partial charge in [0, 0.05) is 25.7 Å². The minimum absolute atomic E-state index is 0. The number of rotatable bonds is 10. The summed E-state index contributed by atoms with van der Waals surface area (Å²) in [5.74, 6) is 3.16. The van der Waals surface area contributed by atoms with Crippen LogP contribution in [-0.2, 0) is 6.42 Å². The van der Waals surface area contributed by atoms with E-state index in [2.05, 4.69) is 63.7 Å². The lowest BCUT2D eigenvalue weighted by Crippen LogP contribution is -2.38.